The lowest BCUT2D eigenvalue weighted by molar-refractivity contribution is -0.132. The first-order valence-corrected chi connectivity index (χ1v) is 11.0. The summed E-state index contributed by atoms with van der Waals surface area (Å²) in [6.45, 7) is 0. The molecule has 1 N–H and O–H groups in total. The molecule has 0 saturated carbocycles. The van der Waals surface area contributed by atoms with Crippen LogP contribution in [0.5, 0.6) is 0 Å². The number of halogens is 2. The third kappa shape index (κ3) is 4.04. The summed E-state index contributed by atoms with van der Waals surface area (Å²) < 4.78 is 0.867. The molecule has 1 saturated heterocycles. The highest BCUT2D eigenvalue weighted by atomic mass is 79.9. The number of ketones is 1. The molecule has 0 bridgehead atoms. The molecule has 5 nitrogen and oxygen atoms in total. The summed E-state index contributed by atoms with van der Waals surface area (Å²) >= 11 is 9.39. The molecule has 7 heteroatoms. The lowest BCUT2D eigenvalue weighted by atomic mass is 9.95. The van der Waals surface area contributed by atoms with Gasteiger partial charge in [-0.05, 0) is 66.2 Å². The van der Waals surface area contributed by atoms with E-state index >= 15 is 0 Å². The number of aliphatic hydroxyl groups excluding tert-OH is 1. The van der Waals surface area contributed by atoms with Crippen LogP contribution < -0.4 is 9.80 Å². The number of carbonyl (C=O) groups is 2. The van der Waals surface area contributed by atoms with Crippen LogP contribution in [0.1, 0.15) is 17.2 Å². The Morgan fingerprint density at radius 2 is 1.53 bits per heavy atom. The fourth-order valence-corrected chi connectivity index (χ4v) is 4.12. The van der Waals surface area contributed by atoms with Gasteiger partial charge in [-0.2, -0.15) is 0 Å². The van der Waals surface area contributed by atoms with Gasteiger partial charge in [-0.15, -0.1) is 0 Å². The van der Waals surface area contributed by atoms with E-state index in [2.05, 4.69) is 15.9 Å². The second-order valence-corrected chi connectivity index (χ2v) is 8.99. The van der Waals surface area contributed by atoms with Gasteiger partial charge in [-0.25, -0.2) is 0 Å². The van der Waals surface area contributed by atoms with Gasteiger partial charge in [0.2, 0.25) is 0 Å². The van der Waals surface area contributed by atoms with E-state index in [9.17, 15) is 14.7 Å². The summed E-state index contributed by atoms with van der Waals surface area (Å²) in [4.78, 5) is 29.7. The van der Waals surface area contributed by atoms with Gasteiger partial charge >= 0.3 is 0 Å². The number of rotatable bonds is 4. The van der Waals surface area contributed by atoms with Gasteiger partial charge in [0.1, 0.15) is 5.76 Å². The average Bonchev–Trinajstić information content (AvgIpc) is 3.05. The number of benzene rings is 3. The van der Waals surface area contributed by atoms with Crippen LogP contribution in [0.15, 0.2) is 82.8 Å². The molecule has 32 heavy (non-hydrogen) atoms. The minimum atomic E-state index is -0.774. The van der Waals surface area contributed by atoms with E-state index in [1.807, 2.05) is 55.4 Å². The van der Waals surface area contributed by atoms with Gasteiger partial charge in [-0.1, -0.05) is 39.7 Å². The normalized spacial score (nSPS) is 17.6. The molecule has 1 atom stereocenters. The van der Waals surface area contributed by atoms with Crippen molar-refractivity contribution in [3.8, 4) is 0 Å². The molecule has 1 aliphatic rings. The molecule has 1 heterocycles. The smallest absolute Gasteiger partial charge is 0.300 e. The van der Waals surface area contributed by atoms with Crippen LogP contribution in [-0.2, 0) is 9.59 Å². The quantitative estimate of drug-likeness (QED) is 0.273. The summed E-state index contributed by atoms with van der Waals surface area (Å²) in [5.41, 5.74) is 2.70. The van der Waals surface area contributed by atoms with Gasteiger partial charge in [-0.3, -0.25) is 14.5 Å². The van der Waals surface area contributed by atoms with E-state index in [0.29, 0.717) is 21.8 Å². The van der Waals surface area contributed by atoms with Crippen molar-refractivity contribution < 1.29 is 14.7 Å². The predicted octanol–water partition coefficient (Wildman–Crippen LogP) is 5.79. The lowest BCUT2D eigenvalue weighted by Gasteiger charge is -2.26. The Balaban J connectivity index is 1.90. The van der Waals surface area contributed by atoms with Crippen LogP contribution in [0.25, 0.3) is 5.76 Å². The van der Waals surface area contributed by atoms with E-state index in [-0.39, 0.29) is 11.3 Å². The first-order chi connectivity index (χ1) is 15.3. The Labute approximate surface area is 199 Å². The predicted molar refractivity (Wildman–Crippen MR) is 131 cm³/mol. The first-order valence-electron chi connectivity index (χ1n) is 9.87. The Hall–Kier alpha value is -3.09. The molecule has 1 fully saturated rings. The van der Waals surface area contributed by atoms with Crippen LogP contribution in [0.2, 0.25) is 5.02 Å². The number of hydrogen-bond acceptors (Lipinski definition) is 4. The maximum Gasteiger partial charge on any atom is 0.300 e. The average molecular weight is 512 g/mol. The number of amides is 1. The van der Waals surface area contributed by atoms with Gasteiger partial charge in [0.05, 0.1) is 11.6 Å². The maximum atomic E-state index is 13.2. The fraction of sp³-hybridized carbons (Fsp3) is 0.120. The molecule has 1 aliphatic heterocycles. The number of anilines is 2. The minimum absolute atomic E-state index is 0.0383. The van der Waals surface area contributed by atoms with Gasteiger partial charge in [0.25, 0.3) is 11.7 Å². The summed E-state index contributed by atoms with van der Waals surface area (Å²) in [6.07, 6.45) is 0. The summed E-state index contributed by atoms with van der Waals surface area (Å²) in [5.74, 6) is -1.66. The summed E-state index contributed by atoms with van der Waals surface area (Å²) in [5, 5.41) is 11.6. The Bertz CT molecular complexity index is 1200. The first kappa shape index (κ1) is 22.1. The zero-order valence-electron chi connectivity index (χ0n) is 17.4. The maximum absolute atomic E-state index is 13.2. The molecular formula is C25H20BrClN2O3. The second-order valence-electron chi connectivity index (χ2n) is 7.64. The fourth-order valence-electron chi connectivity index (χ4n) is 3.73. The molecule has 1 amide bonds. The zero-order chi connectivity index (χ0) is 23.0. The third-order valence-electron chi connectivity index (χ3n) is 5.39. The molecule has 0 aliphatic carbocycles. The van der Waals surface area contributed by atoms with E-state index in [1.54, 1.807) is 36.4 Å². The molecule has 3 aromatic rings. The molecular weight excluding hydrogens is 492 g/mol. The van der Waals surface area contributed by atoms with Crippen LogP contribution in [0.4, 0.5) is 11.4 Å². The van der Waals surface area contributed by atoms with Crippen LogP contribution in [0.3, 0.4) is 0 Å². The van der Waals surface area contributed by atoms with E-state index < -0.39 is 17.7 Å². The standard InChI is InChI=1S/C25H20BrClN2O3/c1-28(2)19-11-13-20(14-12-19)29-22(15-3-7-17(26)8-4-15)21(24(31)25(29)32)23(30)16-5-9-18(27)10-6-16/h3-14,22,30H,1-2H3. The number of nitrogens with zero attached hydrogens (tertiary/aromatic N) is 2. The van der Waals surface area contributed by atoms with Crippen molar-refractivity contribution in [2.24, 2.45) is 0 Å². The van der Waals surface area contributed by atoms with Gasteiger partial charge < -0.3 is 10.0 Å². The highest BCUT2D eigenvalue weighted by molar-refractivity contribution is 9.10. The van der Waals surface area contributed by atoms with Crippen molar-refractivity contribution in [1.29, 1.82) is 0 Å². The number of hydrogen-bond donors (Lipinski definition) is 1. The van der Waals surface area contributed by atoms with Crippen molar-refractivity contribution >= 4 is 56.4 Å². The van der Waals surface area contributed by atoms with Crippen LogP contribution in [0, 0.1) is 0 Å². The van der Waals surface area contributed by atoms with Crippen molar-refractivity contribution in [2.75, 3.05) is 23.9 Å². The molecule has 3 aromatic carbocycles. The summed E-state index contributed by atoms with van der Waals surface area (Å²) in [7, 11) is 3.85. The topological polar surface area (TPSA) is 60.9 Å². The number of Topliss-reactive ketones (excluding diaryl/α,β-unsaturated/α-hetero) is 1. The molecule has 0 spiro atoms. The molecule has 0 aromatic heterocycles. The van der Waals surface area contributed by atoms with Gasteiger partial charge in [0, 0.05) is 40.5 Å². The molecule has 4 rings (SSSR count). The van der Waals surface area contributed by atoms with Crippen molar-refractivity contribution in [3.63, 3.8) is 0 Å². The van der Waals surface area contributed by atoms with Crippen LogP contribution in [-0.4, -0.2) is 30.9 Å². The van der Waals surface area contributed by atoms with Gasteiger partial charge in [0.15, 0.2) is 0 Å². The highest BCUT2D eigenvalue weighted by Crippen LogP contribution is 2.42. The zero-order valence-corrected chi connectivity index (χ0v) is 19.8. The monoisotopic (exact) mass is 510 g/mol. The van der Waals surface area contributed by atoms with Crippen molar-refractivity contribution in [3.05, 3.63) is 99.0 Å². The third-order valence-corrected chi connectivity index (χ3v) is 6.17. The van der Waals surface area contributed by atoms with Crippen molar-refractivity contribution in [2.45, 2.75) is 6.04 Å². The molecule has 0 radical (unpaired) electrons. The van der Waals surface area contributed by atoms with E-state index in [1.165, 1.54) is 4.90 Å². The largest absolute Gasteiger partial charge is 0.507 e. The Kier molecular flexibility index (Phi) is 6.09. The number of carbonyl (C=O) groups excluding carboxylic acids is 2. The van der Waals surface area contributed by atoms with E-state index in [0.717, 1.165) is 10.2 Å². The second kappa shape index (κ2) is 8.81. The highest BCUT2D eigenvalue weighted by Gasteiger charge is 2.46. The SMILES string of the molecule is CN(C)c1ccc(N2C(=O)C(=O)C(=C(O)c3ccc(Cl)cc3)C2c2ccc(Br)cc2)cc1. The lowest BCUT2D eigenvalue weighted by Crippen LogP contribution is -2.29. The minimum Gasteiger partial charge on any atom is -0.507 e. The summed E-state index contributed by atoms with van der Waals surface area (Å²) in [6, 6.07) is 20.4. The van der Waals surface area contributed by atoms with E-state index in [4.69, 9.17) is 11.6 Å². The number of aliphatic hydroxyl groups is 1. The van der Waals surface area contributed by atoms with Crippen LogP contribution >= 0.6 is 27.5 Å². The Morgan fingerprint density at radius 1 is 0.938 bits per heavy atom. The molecule has 162 valence electrons. The Morgan fingerprint density at radius 3 is 2.09 bits per heavy atom. The molecule has 1 unspecified atom stereocenters. The van der Waals surface area contributed by atoms with Crippen molar-refractivity contribution in [1.82, 2.24) is 0 Å².